The SMILES string of the molecule is C=CCCCN(C)S(=O)(=O)c1ccc(/C=C/C(=O)O)cc1. The maximum Gasteiger partial charge on any atom is 0.328 e. The second kappa shape index (κ2) is 7.75. The van der Waals surface area contributed by atoms with Gasteiger partial charge in [-0.3, -0.25) is 0 Å². The summed E-state index contributed by atoms with van der Waals surface area (Å²) in [4.78, 5) is 10.6. The van der Waals surface area contributed by atoms with E-state index in [1.54, 1.807) is 18.2 Å². The Morgan fingerprint density at radius 1 is 1.33 bits per heavy atom. The predicted molar refractivity (Wildman–Crippen MR) is 82.4 cm³/mol. The zero-order valence-corrected chi connectivity index (χ0v) is 12.7. The minimum atomic E-state index is -3.51. The lowest BCUT2D eigenvalue weighted by molar-refractivity contribution is -0.131. The molecule has 0 saturated heterocycles. The summed E-state index contributed by atoms with van der Waals surface area (Å²) in [5.41, 5.74) is 0.630. The molecule has 0 aromatic heterocycles. The Labute approximate surface area is 125 Å². The van der Waals surface area contributed by atoms with E-state index in [0.717, 1.165) is 18.9 Å². The van der Waals surface area contributed by atoms with Gasteiger partial charge in [0.2, 0.25) is 10.0 Å². The zero-order chi connectivity index (χ0) is 15.9. The molecule has 0 fully saturated rings. The molecular weight excluding hydrogens is 290 g/mol. The Kier molecular flexibility index (Phi) is 6.33. The van der Waals surface area contributed by atoms with Crippen LogP contribution in [0.4, 0.5) is 0 Å². The van der Waals surface area contributed by atoms with Crippen molar-refractivity contribution in [3.63, 3.8) is 0 Å². The van der Waals surface area contributed by atoms with E-state index in [9.17, 15) is 13.2 Å². The molecular formula is C15H19NO4S. The number of carboxylic acids is 1. The molecule has 0 atom stereocenters. The molecule has 0 aliphatic carbocycles. The number of aliphatic carboxylic acids is 1. The smallest absolute Gasteiger partial charge is 0.328 e. The zero-order valence-electron chi connectivity index (χ0n) is 11.9. The second-order valence-electron chi connectivity index (χ2n) is 4.50. The highest BCUT2D eigenvalue weighted by atomic mass is 32.2. The van der Waals surface area contributed by atoms with Crippen molar-refractivity contribution in [3.8, 4) is 0 Å². The molecule has 0 bridgehead atoms. The Morgan fingerprint density at radius 2 is 1.95 bits per heavy atom. The van der Waals surface area contributed by atoms with Crippen LogP contribution >= 0.6 is 0 Å². The highest BCUT2D eigenvalue weighted by molar-refractivity contribution is 7.89. The Bertz CT molecular complexity index is 618. The summed E-state index contributed by atoms with van der Waals surface area (Å²) in [5, 5.41) is 8.54. The maximum absolute atomic E-state index is 12.3. The lowest BCUT2D eigenvalue weighted by atomic mass is 10.2. The van der Waals surface area contributed by atoms with Crippen molar-refractivity contribution in [2.24, 2.45) is 0 Å². The van der Waals surface area contributed by atoms with E-state index in [0.29, 0.717) is 12.1 Å². The number of sulfonamides is 1. The quantitative estimate of drug-likeness (QED) is 0.454. The molecule has 114 valence electrons. The summed E-state index contributed by atoms with van der Waals surface area (Å²) < 4.78 is 25.9. The second-order valence-corrected chi connectivity index (χ2v) is 6.54. The van der Waals surface area contributed by atoms with Gasteiger partial charge in [0.1, 0.15) is 0 Å². The van der Waals surface area contributed by atoms with E-state index in [4.69, 9.17) is 5.11 Å². The normalized spacial score (nSPS) is 11.9. The molecule has 0 saturated carbocycles. The molecule has 0 aliphatic heterocycles. The first-order valence-corrected chi connectivity index (χ1v) is 7.90. The molecule has 5 nitrogen and oxygen atoms in total. The van der Waals surface area contributed by atoms with Gasteiger partial charge in [-0.05, 0) is 36.6 Å². The van der Waals surface area contributed by atoms with E-state index >= 15 is 0 Å². The first kappa shape index (κ1) is 17.1. The first-order chi connectivity index (χ1) is 9.87. The number of nitrogens with zero attached hydrogens (tertiary/aromatic N) is 1. The van der Waals surface area contributed by atoms with Gasteiger partial charge in [-0.25, -0.2) is 17.5 Å². The number of hydrogen-bond donors (Lipinski definition) is 1. The van der Waals surface area contributed by atoms with Crippen LogP contribution in [0.5, 0.6) is 0 Å². The highest BCUT2D eigenvalue weighted by Gasteiger charge is 2.19. The number of hydrogen-bond acceptors (Lipinski definition) is 3. The third-order valence-corrected chi connectivity index (χ3v) is 4.76. The minimum absolute atomic E-state index is 0.191. The van der Waals surface area contributed by atoms with Gasteiger partial charge in [-0.1, -0.05) is 18.2 Å². The van der Waals surface area contributed by atoms with Crippen LogP contribution in [0.1, 0.15) is 18.4 Å². The van der Waals surface area contributed by atoms with Crippen LogP contribution in [0.15, 0.2) is 47.9 Å². The maximum atomic E-state index is 12.3. The molecule has 0 aliphatic rings. The van der Waals surface area contributed by atoms with Crippen molar-refractivity contribution in [3.05, 3.63) is 48.6 Å². The lowest BCUT2D eigenvalue weighted by Gasteiger charge is -2.16. The number of carboxylic acid groups (broad SMARTS) is 1. The standard InChI is InChI=1S/C15H19NO4S/c1-3-4-5-12-16(2)21(19,20)14-9-6-13(7-10-14)8-11-15(17)18/h3,6-11H,1,4-5,12H2,2H3,(H,17,18)/b11-8+. The molecule has 1 rings (SSSR count). The van der Waals surface area contributed by atoms with Crippen molar-refractivity contribution < 1.29 is 18.3 Å². The van der Waals surface area contributed by atoms with E-state index in [2.05, 4.69) is 6.58 Å². The Morgan fingerprint density at radius 3 is 2.48 bits per heavy atom. The van der Waals surface area contributed by atoms with Crippen LogP contribution in [0.3, 0.4) is 0 Å². The van der Waals surface area contributed by atoms with Crippen LogP contribution in [-0.2, 0) is 14.8 Å². The van der Waals surface area contributed by atoms with E-state index in [1.165, 1.54) is 29.6 Å². The van der Waals surface area contributed by atoms with Crippen molar-refractivity contribution in [2.45, 2.75) is 17.7 Å². The predicted octanol–water partition coefficient (Wildman–Crippen LogP) is 2.37. The molecule has 0 spiro atoms. The summed E-state index contributed by atoms with van der Waals surface area (Å²) in [7, 11) is -1.97. The molecule has 0 heterocycles. The fraction of sp³-hybridized carbons (Fsp3) is 0.267. The summed E-state index contributed by atoms with van der Waals surface area (Å²) in [5.74, 6) is -1.05. The van der Waals surface area contributed by atoms with Crippen molar-refractivity contribution in [2.75, 3.05) is 13.6 Å². The summed E-state index contributed by atoms with van der Waals surface area (Å²) in [6, 6.07) is 6.09. The van der Waals surface area contributed by atoms with Gasteiger partial charge in [-0.2, -0.15) is 0 Å². The number of carbonyl (C=O) groups is 1. The highest BCUT2D eigenvalue weighted by Crippen LogP contribution is 2.16. The molecule has 21 heavy (non-hydrogen) atoms. The van der Waals surface area contributed by atoms with Crippen LogP contribution in [0.2, 0.25) is 0 Å². The Balaban J connectivity index is 2.84. The van der Waals surface area contributed by atoms with Gasteiger partial charge in [-0.15, -0.1) is 6.58 Å². The lowest BCUT2D eigenvalue weighted by Crippen LogP contribution is -2.27. The summed E-state index contributed by atoms with van der Waals surface area (Å²) in [6.07, 6.45) is 5.65. The van der Waals surface area contributed by atoms with E-state index in [1.807, 2.05) is 0 Å². The molecule has 1 aromatic rings. The number of benzene rings is 1. The van der Waals surface area contributed by atoms with Crippen LogP contribution < -0.4 is 0 Å². The fourth-order valence-electron chi connectivity index (χ4n) is 1.68. The van der Waals surface area contributed by atoms with Gasteiger partial charge >= 0.3 is 5.97 Å². The van der Waals surface area contributed by atoms with Gasteiger partial charge in [0.05, 0.1) is 4.90 Å². The third kappa shape index (κ3) is 5.17. The molecule has 0 amide bonds. The first-order valence-electron chi connectivity index (χ1n) is 6.46. The Hall–Kier alpha value is -1.92. The molecule has 6 heteroatoms. The van der Waals surface area contributed by atoms with Crippen molar-refractivity contribution in [1.82, 2.24) is 4.31 Å². The third-order valence-electron chi connectivity index (χ3n) is 2.89. The van der Waals surface area contributed by atoms with Gasteiger partial charge in [0.25, 0.3) is 0 Å². The van der Waals surface area contributed by atoms with Crippen LogP contribution in [0, 0.1) is 0 Å². The van der Waals surface area contributed by atoms with Gasteiger partial charge in [0, 0.05) is 19.7 Å². The molecule has 1 N–H and O–H groups in total. The van der Waals surface area contributed by atoms with Crippen molar-refractivity contribution >= 4 is 22.1 Å². The van der Waals surface area contributed by atoms with E-state index in [-0.39, 0.29) is 4.90 Å². The number of rotatable bonds is 8. The molecule has 0 unspecified atom stereocenters. The summed E-state index contributed by atoms with van der Waals surface area (Å²) in [6.45, 7) is 4.03. The fourth-order valence-corrected chi connectivity index (χ4v) is 2.89. The van der Waals surface area contributed by atoms with Crippen molar-refractivity contribution in [1.29, 1.82) is 0 Å². The summed E-state index contributed by atoms with van der Waals surface area (Å²) >= 11 is 0. The van der Waals surface area contributed by atoms with Crippen LogP contribution in [-0.4, -0.2) is 37.4 Å². The van der Waals surface area contributed by atoms with E-state index < -0.39 is 16.0 Å². The largest absolute Gasteiger partial charge is 0.478 e. The minimum Gasteiger partial charge on any atom is -0.478 e. The average molecular weight is 309 g/mol. The monoisotopic (exact) mass is 309 g/mol. The number of allylic oxidation sites excluding steroid dienone is 1. The molecule has 0 radical (unpaired) electrons. The average Bonchev–Trinajstić information content (AvgIpc) is 2.45. The van der Waals surface area contributed by atoms with Crippen LogP contribution in [0.25, 0.3) is 6.08 Å². The molecule has 1 aromatic carbocycles. The van der Waals surface area contributed by atoms with Gasteiger partial charge in [0.15, 0.2) is 0 Å². The van der Waals surface area contributed by atoms with Gasteiger partial charge < -0.3 is 5.11 Å². The topological polar surface area (TPSA) is 74.7 Å². The number of unbranched alkanes of at least 4 members (excludes halogenated alkanes) is 1.